The third-order valence-corrected chi connectivity index (χ3v) is 5.06. The molecule has 0 aliphatic carbocycles. The Morgan fingerprint density at radius 2 is 2.15 bits per heavy atom. The molecular formula is C19H24N6O. The number of hydrogen-bond acceptors (Lipinski definition) is 4. The van der Waals surface area contributed by atoms with E-state index in [1.807, 2.05) is 30.2 Å². The summed E-state index contributed by atoms with van der Waals surface area (Å²) in [4.78, 5) is 24.2. The first kappa shape index (κ1) is 16.8. The van der Waals surface area contributed by atoms with Gasteiger partial charge in [-0.2, -0.15) is 5.10 Å². The second-order valence-electron chi connectivity index (χ2n) is 6.74. The van der Waals surface area contributed by atoms with E-state index in [9.17, 15) is 4.79 Å². The lowest BCUT2D eigenvalue weighted by molar-refractivity contribution is 0.0778. The maximum absolute atomic E-state index is 12.9. The van der Waals surface area contributed by atoms with E-state index in [-0.39, 0.29) is 11.8 Å². The van der Waals surface area contributed by atoms with E-state index in [0.29, 0.717) is 18.8 Å². The van der Waals surface area contributed by atoms with Crippen molar-refractivity contribution in [1.82, 2.24) is 29.2 Å². The Morgan fingerprint density at radius 3 is 2.96 bits per heavy atom. The van der Waals surface area contributed by atoms with Gasteiger partial charge >= 0.3 is 0 Å². The summed E-state index contributed by atoms with van der Waals surface area (Å²) in [6, 6.07) is 5.73. The summed E-state index contributed by atoms with van der Waals surface area (Å²) in [5.74, 6) is 1.36. The van der Waals surface area contributed by atoms with Crippen LogP contribution in [-0.2, 0) is 13.1 Å². The molecule has 7 nitrogen and oxygen atoms in total. The molecular weight excluding hydrogens is 328 g/mol. The summed E-state index contributed by atoms with van der Waals surface area (Å²) in [6.07, 6.45) is 5.46. The van der Waals surface area contributed by atoms with Gasteiger partial charge in [0.05, 0.1) is 0 Å². The van der Waals surface area contributed by atoms with E-state index in [4.69, 9.17) is 4.98 Å². The van der Waals surface area contributed by atoms with Crippen molar-refractivity contribution >= 4 is 17.1 Å². The van der Waals surface area contributed by atoms with E-state index in [2.05, 4.69) is 21.6 Å². The van der Waals surface area contributed by atoms with Gasteiger partial charge in [0.25, 0.3) is 5.91 Å². The van der Waals surface area contributed by atoms with Crippen molar-refractivity contribution in [1.29, 1.82) is 0 Å². The fourth-order valence-electron chi connectivity index (χ4n) is 3.82. The Balaban J connectivity index is 1.60. The fraction of sp³-hybridized carbons (Fsp3) is 0.474. The highest BCUT2D eigenvalue weighted by atomic mass is 16.2. The topological polar surface area (TPSA) is 68.8 Å². The lowest BCUT2D eigenvalue weighted by Gasteiger charge is -2.17. The van der Waals surface area contributed by atoms with E-state index in [0.717, 1.165) is 42.9 Å². The molecule has 1 saturated heterocycles. The van der Waals surface area contributed by atoms with Gasteiger partial charge < -0.3 is 9.47 Å². The van der Waals surface area contributed by atoms with Crippen molar-refractivity contribution in [3.05, 3.63) is 42.1 Å². The number of hydrogen-bond donors (Lipinski definition) is 0. The Hall–Kier alpha value is -2.70. The molecule has 3 aromatic heterocycles. The van der Waals surface area contributed by atoms with Crippen LogP contribution in [-0.4, -0.2) is 48.2 Å². The predicted octanol–water partition coefficient (Wildman–Crippen LogP) is 2.69. The van der Waals surface area contributed by atoms with Crippen molar-refractivity contribution in [2.75, 3.05) is 13.1 Å². The number of nitrogens with zero attached hydrogens (tertiary/aromatic N) is 6. The fourth-order valence-corrected chi connectivity index (χ4v) is 3.82. The lowest BCUT2D eigenvalue weighted by Crippen LogP contribution is -2.30. The number of aromatic nitrogens is 5. The van der Waals surface area contributed by atoms with Crippen molar-refractivity contribution < 1.29 is 4.79 Å². The van der Waals surface area contributed by atoms with Crippen molar-refractivity contribution in [3.8, 4) is 0 Å². The summed E-state index contributed by atoms with van der Waals surface area (Å²) < 4.78 is 3.98. The van der Waals surface area contributed by atoms with Crippen LogP contribution in [0.1, 0.15) is 48.9 Å². The molecule has 4 heterocycles. The molecule has 1 amide bonds. The molecule has 1 atom stereocenters. The highest BCUT2D eigenvalue weighted by Crippen LogP contribution is 2.30. The molecule has 26 heavy (non-hydrogen) atoms. The first-order chi connectivity index (χ1) is 12.7. The molecule has 0 N–H and O–H groups in total. The molecule has 1 fully saturated rings. The summed E-state index contributed by atoms with van der Waals surface area (Å²) >= 11 is 0. The summed E-state index contributed by atoms with van der Waals surface area (Å²) in [6.45, 7) is 7.20. The molecule has 3 aromatic rings. The standard InChI is InChI=1S/C19H24N6O/c1-3-11-24-17(22-15-6-5-9-20-18(15)24)14-8-12-23(13-14)19(26)16-7-10-21-25(16)4-2/h5-7,9-10,14H,3-4,8,11-13H2,1-2H3. The molecule has 4 rings (SSSR count). The molecule has 1 unspecified atom stereocenters. The summed E-state index contributed by atoms with van der Waals surface area (Å²) in [5, 5.41) is 4.22. The molecule has 1 aliphatic heterocycles. The number of likely N-dealkylation sites (tertiary alicyclic amines) is 1. The molecule has 1 aliphatic rings. The second kappa shape index (κ2) is 6.90. The molecule has 0 radical (unpaired) electrons. The van der Waals surface area contributed by atoms with Gasteiger partial charge in [-0.05, 0) is 38.0 Å². The van der Waals surface area contributed by atoms with Gasteiger partial charge in [0.15, 0.2) is 5.65 Å². The van der Waals surface area contributed by atoms with Gasteiger partial charge in [0.1, 0.15) is 17.0 Å². The molecule has 136 valence electrons. The van der Waals surface area contributed by atoms with E-state index >= 15 is 0 Å². The minimum absolute atomic E-state index is 0.0585. The van der Waals surface area contributed by atoms with E-state index in [1.54, 1.807) is 16.9 Å². The van der Waals surface area contributed by atoms with Crippen LogP contribution in [0.15, 0.2) is 30.6 Å². The van der Waals surface area contributed by atoms with Crippen LogP contribution >= 0.6 is 0 Å². The number of rotatable bonds is 5. The number of amides is 1. The van der Waals surface area contributed by atoms with E-state index < -0.39 is 0 Å². The van der Waals surface area contributed by atoms with E-state index in [1.165, 1.54) is 0 Å². The Kier molecular flexibility index (Phi) is 4.44. The van der Waals surface area contributed by atoms with Gasteiger partial charge in [-0.3, -0.25) is 9.48 Å². The highest BCUT2D eigenvalue weighted by molar-refractivity contribution is 5.92. The zero-order valence-corrected chi connectivity index (χ0v) is 15.3. The maximum Gasteiger partial charge on any atom is 0.272 e. The third-order valence-electron chi connectivity index (χ3n) is 5.06. The number of carbonyl (C=O) groups is 1. The molecule has 0 spiro atoms. The van der Waals surface area contributed by atoms with Crippen LogP contribution in [0.4, 0.5) is 0 Å². The largest absolute Gasteiger partial charge is 0.337 e. The highest BCUT2D eigenvalue weighted by Gasteiger charge is 2.32. The Labute approximate surface area is 152 Å². The average molecular weight is 352 g/mol. The van der Waals surface area contributed by atoms with Gasteiger partial charge in [0, 0.05) is 44.5 Å². The molecule has 0 aromatic carbocycles. The van der Waals surface area contributed by atoms with Crippen LogP contribution in [0, 0.1) is 0 Å². The Bertz CT molecular complexity index is 927. The SMILES string of the molecule is CCCn1c(C2CCN(C(=O)c3ccnn3CC)C2)nc2cccnc21. The van der Waals surface area contributed by atoms with Crippen LogP contribution in [0.5, 0.6) is 0 Å². The average Bonchev–Trinajstić information content (AvgIpc) is 3.39. The number of pyridine rings is 1. The number of imidazole rings is 1. The van der Waals surface area contributed by atoms with Gasteiger partial charge in [-0.25, -0.2) is 9.97 Å². The normalized spacial score (nSPS) is 17.3. The lowest BCUT2D eigenvalue weighted by atomic mass is 10.1. The Morgan fingerprint density at radius 1 is 1.27 bits per heavy atom. The maximum atomic E-state index is 12.9. The van der Waals surface area contributed by atoms with Gasteiger partial charge in [0.2, 0.25) is 0 Å². The van der Waals surface area contributed by atoms with Crippen LogP contribution < -0.4 is 0 Å². The summed E-state index contributed by atoms with van der Waals surface area (Å²) in [7, 11) is 0. The van der Waals surface area contributed by atoms with Crippen molar-refractivity contribution in [3.63, 3.8) is 0 Å². The predicted molar refractivity (Wildman–Crippen MR) is 99.0 cm³/mol. The van der Waals surface area contributed by atoms with Crippen molar-refractivity contribution in [2.24, 2.45) is 0 Å². The molecule has 0 saturated carbocycles. The smallest absolute Gasteiger partial charge is 0.272 e. The van der Waals surface area contributed by atoms with Crippen molar-refractivity contribution in [2.45, 2.75) is 45.7 Å². The minimum Gasteiger partial charge on any atom is -0.337 e. The number of carbonyl (C=O) groups excluding carboxylic acids is 1. The second-order valence-corrected chi connectivity index (χ2v) is 6.74. The first-order valence-corrected chi connectivity index (χ1v) is 9.35. The zero-order chi connectivity index (χ0) is 18.1. The van der Waals surface area contributed by atoms with Gasteiger partial charge in [-0.15, -0.1) is 0 Å². The van der Waals surface area contributed by atoms with Crippen LogP contribution in [0.3, 0.4) is 0 Å². The summed E-state index contributed by atoms with van der Waals surface area (Å²) in [5.41, 5.74) is 2.54. The van der Waals surface area contributed by atoms with Crippen LogP contribution in [0.2, 0.25) is 0 Å². The quantitative estimate of drug-likeness (QED) is 0.708. The van der Waals surface area contributed by atoms with Gasteiger partial charge in [-0.1, -0.05) is 6.92 Å². The molecule has 0 bridgehead atoms. The number of aryl methyl sites for hydroxylation is 2. The minimum atomic E-state index is 0.0585. The number of fused-ring (bicyclic) bond motifs is 1. The molecule has 7 heteroatoms. The first-order valence-electron chi connectivity index (χ1n) is 9.35. The third kappa shape index (κ3) is 2.77. The van der Waals surface area contributed by atoms with Crippen LogP contribution in [0.25, 0.3) is 11.2 Å². The zero-order valence-electron chi connectivity index (χ0n) is 15.3. The monoisotopic (exact) mass is 352 g/mol.